The lowest BCUT2D eigenvalue weighted by atomic mass is 10.0. The largest absolute Gasteiger partial charge is 0.340 e. The van der Waals surface area contributed by atoms with Crippen LogP contribution in [0.25, 0.3) is 0 Å². The highest BCUT2D eigenvalue weighted by Gasteiger charge is 2.19. The molecule has 0 spiro atoms. The van der Waals surface area contributed by atoms with E-state index >= 15 is 0 Å². The van der Waals surface area contributed by atoms with E-state index in [2.05, 4.69) is 57.1 Å². The van der Waals surface area contributed by atoms with Gasteiger partial charge in [0.05, 0.1) is 0 Å². The van der Waals surface area contributed by atoms with Crippen LogP contribution in [-0.2, 0) is 0 Å². The van der Waals surface area contributed by atoms with Crippen molar-refractivity contribution in [2.45, 2.75) is 33.6 Å². The van der Waals surface area contributed by atoms with Gasteiger partial charge in [-0.25, -0.2) is 4.98 Å². The normalized spacial score (nSPS) is 18.1. The maximum absolute atomic E-state index is 4.74. The minimum absolute atomic E-state index is 0.706. The van der Waals surface area contributed by atoms with Gasteiger partial charge in [-0.05, 0) is 56.4 Å². The molecule has 0 radical (unpaired) electrons. The van der Waals surface area contributed by atoms with Crippen LogP contribution in [0.3, 0.4) is 0 Å². The summed E-state index contributed by atoms with van der Waals surface area (Å²) >= 11 is 3.50. The molecule has 1 N–H and O–H groups in total. The molecule has 0 aliphatic carbocycles. The Kier molecular flexibility index (Phi) is 4.85. The molecule has 1 aliphatic rings. The van der Waals surface area contributed by atoms with Crippen LogP contribution in [-0.4, -0.2) is 23.1 Å². The second kappa shape index (κ2) is 6.87. The molecule has 1 unspecified atom stereocenters. The number of hydrogen-bond acceptors (Lipinski definition) is 4. The number of nitrogens with one attached hydrogen (secondary N) is 1. The number of anilines is 3. The van der Waals surface area contributed by atoms with Gasteiger partial charge in [-0.2, -0.15) is 4.98 Å². The molecule has 1 atom stereocenters. The fourth-order valence-corrected chi connectivity index (χ4v) is 3.51. The lowest BCUT2D eigenvalue weighted by Gasteiger charge is -2.31. The molecule has 1 aliphatic heterocycles. The van der Waals surface area contributed by atoms with Crippen molar-refractivity contribution >= 4 is 33.4 Å². The van der Waals surface area contributed by atoms with Crippen LogP contribution >= 0.6 is 15.9 Å². The molecule has 1 aromatic carbocycles. The minimum atomic E-state index is 0.706. The Morgan fingerprint density at radius 1 is 1.22 bits per heavy atom. The summed E-state index contributed by atoms with van der Waals surface area (Å²) in [6.45, 7) is 8.50. The summed E-state index contributed by atoms with van der Waals surface area (Å²) in [6, 6.07) is 8.21. The fourth-order valence-electron chi connectivity index (χ4n) is 3.03. The third kappa shape index (κ3) is 4.02. The first-order chi connectivity index (χ1) is 11.0. The summed E-state index contributed by atoms with van der Waals surface area (Å²) in [5.41, 5.74) is 3.25. The van der Waals surface area contributed by atoms with Crippen LogP contribution in [0.4, 0.5) is 17.5 Å². The van der Waals surface area contributed by atoms with E-state index in [9.17, 15) is 0 Å². The Morgan fingerprint density at radius 3 is 2.78 bits per heavy atom. The zero-order valence-corrected chi connectivity index (χ0v) is 15.5. The van der Waals surface area contributed by atoms with Gasteiger partial charge < -0.3 is 10.2 Å². The molecule has 2 aromatic rings. The highest BCUT2D eigenvalue weighted by Crippen LogP contribution is 2.25. The number of hydrogen-bond donors (Lipinski definition) is 1. The first-order valence-corrected chi connectivity index (χ1v) is 8.94. The Bertz CT molecular complexity index is 701. The third-order valence-corrected chi connectivity index (χ3v) is 4.73. The molecule has 23 heavy (non-hydrogen) atoms. The Labute approximate surface area is 146 Å². The summed E-state index contributed by atoms with van der Waals surface area (Å²) in [5.74, 6) is 2.41. The van der Waals surface area contributed by atoms with E-state index < -0.39 is 0 Å². The second-order valence-corrected chi connectivity index (χ2v) is 7.39. The van der Waals surface area contributed by atoms with Gasteiger partial charge in [0.1, 0.15) is 5.82 Å². The number of rotatable bonds is 3. The highest BCUT2D eigenvalue weighted by molar-refractivity contribution is 9.10. The molecule has 1 saturated heterocycles. The lowest BCUT2D eigenvalue weighted by molar-refractivity contribution is 0.442. The van der Waals surface area contributed by atoms with E-state index in [-0.39, 0.29) is 0 Å². The zero-order valence-electron chi connectivity index (χ0n) is 13.9. The van der Waals surface area contributed by atoms with Crippen molar-refractivity contribution in [3.63, 3.8) is 0 Å². The van der Waals surface area contributed by atoms with E-state index in [0.29, 0.717) is 5.92 Å². The summed E-state index contributed by atoms with van der Waals surface area (Å²) in [5, 5.41) is 3.43. The predicted octanol–water partition coefficient (Wildman–Crippen LogP) is 4.84. The van der Waals surface area contributed by atoms with Gasteiger partial charge in [0.15, 0.2) is 0 Å². The molecule has 122 valence electrons. The monoisotopic (exact) mass is 374 g/mol. The lowest BCUT2D eigenvalue weighted by Crippen LogP contribution is -2.35. The molecule has 0 amide bonds. The van der Waals surface area contributed by atoms with Gasteiger partial charge in [0, 0.05) is 35.0 Å². The number of nitrogens with zero attached hydrogens (tertiary/aromatic N) is 3. The van der Waals surface area contributed by atoms with Gasteiger partial charge in [-0.15, -0.1) is 0 Å². The number of benzene rings is 1. The van der Waals surface area contributed by atoms with Crippen LogP contribution in [0.5, 0.6) is 0 Å². The molecular weight excluding hydrogens is 352 g/mol. The predicted molar refractivity (Wildman–Crippen MR) is 99.5 cm³/mol. The molecular formula is C18H23BrN4. The van der Waals surface area contributed by atoms with Crippen LogP contribution in [0.15, 0.2) is 28.7 Å². The second-order valence-electron chi connectivity index (χ2n) is 6.47. The Morgan fingerprint density at radius 2 is 2.04 bits per heavy atom. The third-order valence-electron chi connectivity index (χ3n) is 4.23. The fraction of sp³-hybridized carbons (Fsp3) is 0.444. The number of piperidine rings is 1. The summed E-state index contributed by atoms with van der Waals surface area (Å²) in [6.07, 6.45) is 2.51. The van der Waals surface area contributed by atoms with Crippen molar-refractivity contribution in [1.29, 1.82) is 0 Å². The summed E-state index contributed by atoms with van der Waals surface area (Å²) in [4.78, 5) is 11.7. The summed E-state index contributed by atoms with van der Waals surface area (Å²) in [7, 11) is 0. The van der Waals surface area contributed by atoms with Crippen molar-refractivity contribution < 1.29 is 0 Å². The molecule has 2 heterocycles. The highest BCUT2D eigenvalue weighted by atomic mass is 79.9. The quantitative estimate of drug-likeness (QED) is 0.834. The van der Waals surface area contributed by atoms with Crippen LogP contribution in [0.1, 0.15) is 31.0 Å². The van der Waals surface area contributed by atoms with Crippen molar-refractivity contribution in [2.24, 2.45) is 5.92 Å². The molecule has 0 saturated carbocycles. The van der Waals surface area contributed by atoms with E-state index in [0.717, 1.165) is 40.7 Å². The van der Waals surface area contributed by atoms with E-state index in [1.54, 1.807) is 0 Å². The number of aryl methyl sites for hydroxylation is 2. The Hall–Kier alpha value is -1.62. The van der Waals surface area contributed by atoms with Gasteiger partial charge >= 0.3 is 0 Å². The summed E-state index contributed by atoms with van der Waals surface area (Å²) < 4.78 is 1.09. The first kappa shape index (κ1) is 16.2. The SMILES string of the molecule is Cc1cc(Nc2ccc(Br)cc2C)nc(N2CCCC(C)C2)n1. The minimum Gasteiger partial charge on any atom is -0.340 e. The Balaban J connectivity index is 1.85. The topological polar surface area (TPSA) is 41.1 Å². The average molecular weight is 375 g/mol. The molecule has 3 rings (SSSR count). The molecule has 0 bridgehead atoms. The van der Waals surface area contributed by atoms with Crippen LogP contribution in [0, 0.1) is 19.8 Å². The van der Waals surface area contributed by atoms with Gasteiger partial charge in [-0.1, -0.05) is 22.9 Å². The maximum Gasteiger partial charge on any atom is 0.227 e. The van der Waals surface area contributed by atoms with Gasteiger partial charge in [0.2, 0.25) is 5.95 Å². The molecule has 1 aromatic heterocycles. The first-order valence-electron chi connectivity index (χ1n) is 8.15. The molecule has 1 fully saturated rings. The smallest absolute Gasteiger partial charge is 0.227 e. The van der Waals surface area contributed by atoms with Crippen LogP contribution in [0.2, 0.25) is 0 Å². The molecule has 4 nitrogen and oxygen atoms in total. The average Bonchev–Trinajstić information content (AvgIpc) is 2.50. The van der Waals surface area contributed by atoms with Gasteiger partial charge in [-0.3, -0.25) is 0 Å². The van der Waals surface area contributed by atoms with E-state index in [4.69, 9.17) is 4.98 Å². The van der Waals surface area contributed by atoms with Crippen molar-refractivity contribution in [3.8, 4) is 0 Å². The van der Waals surface area contributed by atoms with E-state index in [1.165, 1.54) is 18.4 Å². The molecule has 5 heteroatoms. The van der Waals surface area contributed by atoms with Crippen LogP contribution < -0.4 is 10.2 Å². The standard InChI is InChI=1S/C18H23BrN4/c1-12-5-4-8-23(11-12)18-20-14(3)10-17(22-18)21-16-7-6-15(19)9-13(16)2/h6-7,9-10,12H,4-5,8,11H2,1-3H3,(H,20,21,22). The van der Waals surface area contributed by atoms with Crippen molar-refractivity contribution in [3.05, 3.63) is 40.0 Å². The number of halogens is 1. The zero-order chi connectivity index (χ0) is 16.4. The number of aromatic nitrogens is 2. The maximum atomic E-state index is 4.74. The van der Waals surface area contributed by atoms with Gasteiger partial charge in [0.25, 0.3) is 0 Å². The van der Waals surface area contributed by atoms with E-state index in [1.807, 2.05) is 19.1 Å². The van der Waals surface area contributed by atoms with Crippen molar-refractivity contribution in [2.75, 3.05) is 23.3 Å². The van der Waals surface area contributed by atoms with Crippen molar-refractivity contribution in [1.82, 2.24) is 9.97 Å².